The van der Waals surface area contributed by atoms with Crippen molar-refractivity contribution in [2.45, 2.75) is 32.0 Å². The van der Waals surface area contributed by atoms with Gasteiger partial charge in [-0.25, -0.2) is 0 Å². The molecule has 0 amide bonds. The number of rotatable bonds is 6. The van der Waals surface area contributed by atoms with Gasteiger partial charge in [-0.2, -0.15) is 0 Å². The average Bonchev–Trinajstić information content (AvgIpc) is 2.79. The minimum atomic E-state index is -0.0852. The molecule has 7 nitrogen and oxygen atoms in total. The van der Waals surface area contributed by atoms with Gasteiger partial charge in [0.15, 0.2) is 11.5 Å². The molecule has 2 aromatic carbocycles. The van der Waals surface area contributed by atoms with Crippen LogP contribution in [-0.2, 0) is 26.0 Å². The zero-order valence-corrected chi connectivity index (χ0v) is 18.2. The third-order valence-electron chi connectivity index (χ3n) is 6.34. The zero-order valence-electron chi connectivity index (χ0n) is 18.2. The molecule has 7 heteroatoms. The molecule has 0 saturated carbocycles. The van der Waals surface area contributed by atoms with Gasteiger partial charge >= 0.3 is 0 Å². The summed E-state index contributed by atoms with van der Waals surface area (Å²) in [4.78, 5) is 2.44. The second-order valence-electron chi connectivity index (χ2n) is 7.53. The van der Waals surface area contributed by atoms with Gasteiger partial charge < -0.3 is 28.8 Å². The first kappa shape index (κ1) is 20.6. The summed E-state index contributed by atoms with van der Waals surface area (Å²) < 4.78 is 28.2. The average molecular weight is 415 g/mol. The summed E-state index contributed by atoms with van der Waals surface area (Å²) in [5, 5.41) is 10.1. The number of benzene rings is 2. The van der Waals surface area contributed by atoms with Crippen molar-refractivity contribution in [1.29, 1.82) is 0 Å². The van der Waals surface area contributed by atoms with Crippen LogP contribution in [0.25, 0.3) is 0 Å². The van der Waals surface area contributed by atoms with Gasteiger partial charge in [0.25, 0.3) is 0 Å². The standard InChI is InChI=1S/C23H29NO6/c1-26-18-10-19(27-2)16(12-25)14-9-17-21-13(6-7-24(17)11-15(14)18)8-20(28-3)22(29-4)23(21)30-5/h8,10,17,25H,6-7,9,11-12H2,1-5H3/t17-/m0/s1. The lowest BCUT2D eigenvalue weighted by Crippen LogP contribution is -2.40. The monoisotopic (exact) mass is 415 g/mol. The highest BCUT2D eigenvalue weighted by Gasteiger charge is 2.38. The molecule has 2 aliphatic heterocycles. The molecule has 0 bridgehead atoms. The summed E-state index contributed by atoms with van der Waals surface area (Å²) in [6.07, 6.45) is 1.61. The molecule has 30 heavy (non-hydrogen) atoms. The fourth-order valence-electron chi connectivity index (χ4n) is 4.95. The van der Waals surface area contributed by atoms with Gasteiger partial charge in [0.05, 0.1) is 42.2 Å². The molecule has 0 unspecified atom stereocenters. The van der Waals surface area contributed by atoms with E-state index in [4.69, 9.17) is 23.7 Å². The van der Waals surface area contributed by atoms with Crippen LogP contribution in [0.15, 0.2) is 12.1 Å². The molecule has 162 valence electrons. The van der Waals surface area contributed by atoms with Crippen molar-refractivity contribution in [1.82, 2.24) is 4.90 Å². The Labute approximate surface area is 177 Å². The Morgan fingerprint density at radius 1 is 0.867 bits per heavy atom. The first-order chi connectivity index (χ1) is 14.6. The number of aliphatic hydroxyl groups excluding tert-OH is 1. The van der Waals surface area contributed by atoms with Crippen LogP contribution in [0.3, 0.4) is 0 Å². The Bertz CT molecular complexity index is 958. The first-order valence-electron chi connectivity index (χ1n) is 10.0. The van der Waals surface area contributed by atoms with Crippen molar-refractivity contribution in [3.05, 3.63) is 39.9 Å². The van der Waals surface area contributed by atoms with Crippen molar-refractivity contribution < 1.29 is 28.8 Å². The third kappa shape index (κ3) is 3.04. The Kier molecular flexibility index (Phi) is 5.66. The van der Waals surface area contributed by atoms with Crippen LogP contribution in [0, 0.1) is 0 Å². The molecule has 0 aliphatic carbocycles. The SMILES string of the molecule is COc1cc(OC)c2c(c1CO)C[C@H]1c3c(cc(OC)c(OC)c3OC)CCN1C2. The van der Waals surface area contributed by atoms with E-state index in [1.165, 1.54) is 5.56 Å². The Morgan fingerprint density at radius 3 is 2.17 bits per heavy atom. The molecule has 0 saturated heterocycles. The highest BCUT2D eigenvalue weighted by atomic mass is 16.5. The number of fused-ring (bicyclic) bond motifs is 4. The van der Waals surface area contributed by atoms with Gasteiger partial charge in [0, 0.05) is 41.9 Å². The molecule has 2 aromatic rings. The minimum Gasteiger partial charge on any atom is -0.496 e. The summed E-state index contributed by atoms with van der Waals surface area (Å²) in [6.45, 7) is 1.56. The van der Waals surface area contributed by atoms with Crippen molar-refractivity contribution in [2.75, 3.05) is 42.1 Å². The van der Waals surface area contributed by atoms with Gasteiger partial charge in [-0.3, -0.25) is 4.90 Å². The van der Waals surface area contributed by atoms with E-state index in [1.54, 1.807) is 35.5 Å². The maximum absolute atomic E-state index is 10.1. The van der Waals surface area contributed by atoms with Crippen LogP contribution in [0.4, 0.5) is 0 Å². The normalized spacial score (nSPS) is 17.5. The lowest BCUT2D eigenvalue weighted by atomic mass is 9.81. The number of nitrogens with zero attached hydrogens (tertiary/aromatic N) is 1. The molecule has 0 aromatic heterocycles. The zero-order chi connectivity index (χ0) is 21.4. The third-order valence-corrected chi connectivity index (χ3v) is 6.34. The predicted octanol–water partition coefficient (Wildman–Crippen LogP) is 2.88. The van der Waals surface area contributed by atoms with Crippen LogP contribution >= 0.6 is 0 Å². The first-order valence-corrected chi connectivity index (χ1v) is 10.0. The van der Waals surface area contributed by atoms with E-state index in [9.17, 15) is 5.11 Å². The lowest BCUT2D eigenvalue weighted by molar-refractivity contribution is 0.151. The van der Waals surface area contributed by atoms with Crippen molar-refractivity contribution in [3.8, 4) is 28.7 Å². The molecule has 2 aliphatic rings. The smallest absolute Gasteiger partial charge is 0.203 e. The largest absolute Gasteiger partial charge is 0.496 e. The highest BCUT2D eigenvalue weighted by molar-refractivity contribution is 5.62. The fourth-order valence-corrected chi connectivity index (χ4v) is 4.95. The van der Waals surface area contributed by atoms with Crippen molar-refractivity contribution >= 4 is 0 Å². The van der Waals surface area contributed by atoms with Crippen LogP contribution in [-0.4, -0.2) is 52.1 Å². The van der Waals surface area contributed by atoms with Crippen LogP contribution < -0.4 is 23.7 Å². The summed E-state index contributed by atoms with van der Waals surface area (Å²) in [5.41, 5.74) is 5.34. The van der Waals surface area contributed by atoms with Crippen LogP contribution in [0.5, 0.6) is 28.7 Å². The van der Waals surface area contributed by atoms with Gasteiger partial charge in [-0.15, -0.1) is 0 Å². The summed E-state index contributed by atoms with van der Waals surface area (Å²) in [5.74, 6) is 3.44. The molecule has 0 radical (unpaired) electrons. The quantitative estimate of drug-likeness (QED) is 0.778. The number of ether oxygens (including phenoxy) is 5. The molecule has 4 rings (SSSR count). The highest BCUT2D eigenvalue weighted by Crippen LogP contribution is 2.51. The summed E-state index contributed by atoms with van der Waals surface area (Å²) in [6, 6.07) is 4.03. The van der Waals surface area contributed by atoms with Crippen LogP contribution in [0.2, 0.25) is 0 Å². The molecule has 0 spiro atoms. The maximum atomic E-state index is 10.1. The fraction of sp³-hybridized carbons (Fsp3) is 0.478. The second kappa shape index (κ2) is 8.24. The van der Waals surface area contributed by atoms with E-state index < -0.39 is 0 Å². The van der Waals surface area contributed by atoms with E-state index in [0.717, 1.165) is 53.9 Å². The lowest BCUT2D eigenvalue weighted by Gasteiger charge is -2.43. The van der Waals surface area contributed by atoms with E-state index >= 15 is 0 Å². The van der Waals surface area contributed by atoms with Gasteiger partial charge in [-0.05, 0) is 30.0 Å². The van der Waals surface area contributed by atoms with E-state index in [1.807, 2.05) is 6.07 Å². The predicted molar refractivity (Wildman–Crippen MR) is 112 cm³/mol. The second-order valence-corrected chi connectivity index (χ2v) is 7.53. The Balaban J connectivity index is 1.90. The molecule has 1 atom stereocenters. The van der Waals surface area contributed by atoms with Gasteiger partial charge in [-0.1, -0.05) is 0 Å². The van der Waals surface area contributed by atoms with Crippen LogP contribution in [0.1, 0.15) is 33.9 Å². The number of methoxy groups -OCH3 is 5. The number of aliphatic hydroxyl groups is 1. The number of hydrogen-bond donors (Lipinski definition) is 1. The molecule has 1 N–H and O–H groups in total. The Morgan fingerprint density at radius 2 is 1.57 bits per heavy atom. The Hall–Kier alpha value is -2.64. The minimum absolute atomic E-state index is 0.0852. The molecule has 2 heterocycles. The molecule has 0 fully saturated rings. The van der Waals surface area contributed by atoms with Crippen molar-refractivity contribution in [2.24, 2.45) is 0 Å². The van der Waals surface area contributed by atoms with Gasteiger partial charge in [0.2, 0.25) is 5.75 Å². The topological polar surface area (TPSA) is 69.6 Å². The molecular formula is C23H29NO6. The van der Waals surface area contributed by atoms with E-state index in [2.05, 4.69) is 11.0 Å². The van der Waals surface area contributed by atoms with Crippen molar-refractivity contribution in [3.63, 3.8) is 0 Å². The molecular weight excluding hydrogens is 386 g/mol. The summed E-state index contributed by atoms with van der Waals surface area (Å²) in [7, 11) is 8.22. The van der Waals surface area contributed by atoms with E-state index in [0.29, 0.717) is 23.0 Å². The maximum Gasteiger partial charge on any atom is 0.203 e. The van der Waals surface area contributed by atoms with E-state index in [-0.39, 0.29) is 12.6 Å². The number of hydrogen-bond acceptors (Lipinski definition) is 7. The van der Waals surface area contributed by atoms with Gasteiger partial charge in [0.1, 0.15) is 11.5 Å². The summed E-state index contributed by atoms with van der Waals surface area (Å²) >= 11 is 0.